The van der Waals surface area contributed by atoms with E-state index >= 15 is 0 Å². The highest BCUT2D eigenvalue weighted by molar-refractivity contribution is 7.92. The zero-order valence-electron chi connectivity index (χ0n) is 18.9. The Morgan fingerprint density at radius 3 is 2.44 bits per heavy atom. The van der Waals surface area contributed by atoms with Gasteiger partial charge in [0.15, 0.2) is 5.82 Å². The Bertz CT molecular complexity index is 1330. The number of aromatic nitrogens is 2. The Morgan fingerprint density at radius 1 is 1.03 bits per heavy atom. The number of benzene rings is 2. The van der Waals surface area contributed by atoms with Crippen LogP contribution < -0.4 is 9.46 Å². The van der Waals surface area contributed by atoms with Crippen LogP contribution in [0.15, 0.2) is 53.7 Å². The number of nitrogens with one attached hydrogen (secondary N) is 1. The van der Waals surface area contributed by atoms with Crippen molar-refractivity contribution in [3.05, 3.63) is 76.9 Å². The summed E-state index contributed by atoms with van der Waals surface area (Å²) in [6.45, 7) is -0.330. The van der Waals surface area contributed by atoms with Crippen molar-refractivity contribution in [3.63, 3.8) is 0 Å². The van der Waals surface area contributed by atoms with E-state index in [-0.39, 0.29) is 42.0 Å². The number of rotatable bonds is 8. The Hall–Kier alpha value is -3.28. The lowest BCUT2D eigenvalue weighted by atomic mass is 9.82. The van der Waals surface area contributed by atoms with Crippen molar-refractivity contribution in [2.45, 2.75) is 42.7 Å². The predicted octanol–water partition coefficient (Wildman–Crippen LogP) is 5.64. The Kier molecular flexibility index (Phi) is 7.43. The second-order valence-corrected chi connectivity index (χ2v) is 9.96. The summed E-state index contributed by atoms with van der Waals surface area (Å²) in [5, 5.41) is 0. The first-order valence-corrected chi connectivity index (χ1v) is 12.6. The molecular weight excluding hydrogens is 505 g/mol. The number of anilines is 1. The topological polar surface area (TPSA) is 81.2 Å². The Balaban J connectivity index is 1.67. The van der Waals surface area contributed by atoms with Gasteiger partial charge in [0, 0.05) is 17.5 Å². The fraction of sp³-hybridized carbons (Fsp3) is 0.333. The molecule has 0 spiro atoms. The average molecular weight is 528 g/mol. The van der Waals surface area contributed by atoms with Crippen molar-refractivity contribution < 1.29 is 35.1 Å². The number of fused-ring (bicyclic) bond motifs is 1. The third kappa shape index (κ3) is 5.75. The molecular formula is C24H22F5N3O3S. The molecule has 0 aliphatic carbocycles. The van der Waals surface area contributed by atoms with Crippen molar-refractivity contribution in [2.75, 3.05) is 18.0 Å². The zero-order valence-corrected chi connectivity index (χ0v) is 19.7. The lowest BCUT2D eigenvalue weighted by Crippen LogP contribution is -2.19. The molecule has 0 saturated carbocycles. The van der Waals surface area contributed by atoms with Crippen molar-refractivity contribution >= 4 is 16.0 Å². The molecule has 0 radical (unpaired) electrons. The van der Waals surface area contributed by atoms with Crippen LogP contribution in [-0.2, 0) is 22.6 Å². The lowest BCUT2D eigenvalue weighted by Gasteiger charge is -2.29. The van der Waals surface area contributed by atoms with Gasteiger partial charge in [-0.3, -0.25) is 4.39 Å². The van der Waals surface area contributed by atoms with E-state index in [4.69, 9.17) is 4.74 Å². The molecule has 3 aromatic rings. The minimum atomic E-state index is -4.51. The highest BCUT2D eigenvalue weighted by Gasteiger charge is 2.33. The first-order valence-electron chi connectivity index (χ1n) is 11.1. The largest absolute Gasteiger partial charge is 0.493 e. The molecule has 1 aromatic heterocycles. The summed E-state index contributed by atoms with van der Waals surface area (Å²) in [7, 11) is -4.12. The van der Waals surface area contributed by atoms with Crippen molar-refractivity contribution in [2.24, 2.45) is 0 Å². The van der Waals surface area contributed by atoms with Gasteiger partial charge in [0.05, 0.1) is 36.1 Å². The summed E-state index contributed by atoms with van der Waals surface area (Å²) in [6.07, 6.45) is -1.47. The molecule has 192 valence electrons. The predicted molar refractivity (Wildman–Crippen MR) is 122 cm³/mol. The number of halogens is 5. The molecule has 2 heterocycles. The molecule has 0 unspecified atom stereocenters. The van der Waals surface area contributed by atoms with Gasteiger partial charge in [-0.25, -0.2) is 27.5 Å². The fourth-order valence-electron chi connectivity index (χ4n) is 4.15. The summed E-state index contributed by atoms with van der Waals surface area (Å²) in [6, 6.07) is 7.79. The van der Waals surface area contributed by atoms with Gasteiger partial charge in [-0.2, -0.15) is 13.2 Å². The molecule has 0 amide bonds. The number of unbranched alkanes of at least 4 members (excludes halogenated alkanes) is 1. The van der Waals surface area contributed by atoms with Gasteiger partial charge >= 0.3 is 6.18 Å². The first kappa shape index (κ1) is 25.8. The van der Waals surface area contributed by atoms with E-state index in [1.54, 1.807) is 6.07 Å². The van der Waals surface area contributed by atoms with Crippen molar-refractivity contribution in [1.82, 2.24) is 9.97 Å². The molecule has 0 fully saturated rings. The molecule has 1 atom stereocenters. The van der Waals surface area contributed by atoms with E-state index in [9.17, 15) is 30.4 Å². The monoisotopic (exact) mass is 527 g/mol. The smallest absolute Gasteiger partial charge is 0.416 e. The summed E-state index contributed by atoms with van der Waals surface area (Å²) in [5.41, 5.74) is 0.997. The van der Waals surface area contributed by atoms with Gasteiger partial charge in [-0.15, -0.1) is 0 Å². The summed E-state index contributed by atoms with van der Waals surface area (Å²) in [5.74, 6) is -1.08. The van der Waals surface area contributed by atoms with Crippen LogP contribution in [0.2, 0.25) is 0 Å². The zero-order chi connectivity index (χ0) is 25.9. The maximum atomic E-state index is 13.3. The van der Waals surface area contributed by atoms with Crippen molar-refractivity contribution in [3.8, 4) is 5.75 Å². The van der Waals surface area contributed by atoms with Crippen LogP contribution in [0.1, 0.15) is 47.4 Å². The SMILES string of the molecule is O=S(=O)(Nc1ncc(F)cn1)c1ccc2c(c1)OCC[C@@H]2c1ccc(C(F)(F)F)cc1CCCCF. The second-order valence-electron chi connectivity index (χ2n) is 8.28. The summed E-state index contributed by atoms with van der Waals surface area (Å²) < 4.78 is 99.0. The molecule has 4 rings (SSSR count). The van der Waals surface area contributed by atoms with Gasteiger partial charge in [-0.1, -0.05) is 12.1 Å². The first-order chi connectivity index (χ1) is 17.1. The van der Waals surface area contributed by atoms with Gasteiger partial charge in [0.1, 0.15) is 5.75 Å². The minimum Gasteiger partial charge on any atom is -0.493 e. The average Bonchev–Trinajstić information content (AvgIpc) is 2.84. The van der Waals surface area contributed by atoms with Crippen LogP contribution in [0.5, 0.6) is 5.75 Å². The summed E-state index contributed by atoms with van der Waals surface area (Å²) in [4.78, 5) is 7.02. The molecule has 1 N–H and O–H groups in total. The molecule has 0 saturated heterocycles. The molecule has 36 heavy (non-hydrogen) atoms. The highest BCUT2D eigenvalue weighted by Crippen LogP contribution is 2.42. The number of hydrogen-bond donors (Lipinski definition) is 1. The van der Waals surface area contributed by atoms with Crippen LogP contribution in [0.3, 0.4) is 0 Å². The van der Waals surface area contributed by atoms with E-state index < -0.39 is 34.3 Å². The number of alkyl halides is 4. The highest BCUT2D eigenvalue weighted by atomic mass is 32.2. The molecule has 1 aliphatic heterocycles. The maximum Gasteiger partial charge on any atom is 0.416 e. The number of aryl methyl sites for hydroxylation is 1. The molecule has 0 bridgehead atoms. The van der Waals surface area contributed by atoms with Crippen molar-refractivity contribution in [1.29, 1.82) is 0 Å². The van der Waals surface area contributed by atoms with E-state index in [0.29, 0.717) is 29.5 Å². The fourth-order valence-corrected chi connectivity index (χ4v) is 5.13. The van der Waals surface area contributed by atoms with E-state index in [0.717, 1.165) is 24.5 Å². The maximum absolute atomic E-state index is 13.3. The third-order valence-electron chi connectivity index (χ3n) is 5.86. The summed E-state index contributed by atoms with van der Waals surface area (Å²) >= 11 is 0. The number of nitrogens with zero attached hydrogens (tertiary/aromatic N) is 2. The molecule has 2 aromatic carbocycles. The Morgan fingerprint density at radius 2 is 1.75 bits per heavy atom. The van der Waals surface area contributed by atoms with E-state index in [1.807, 2.05) is 0 Å². The number of hydrogen-bond acceptors (Lipinski definition) is 5. The van der Waals surface area contributed by atoms with Gasteiger partial charge < -0.3 is 4.74 Å². The van der Waals surface area contributed by atoms with Gasteiger partial charge in [0.25, 0.3) is 10.0 Å². The number of ether oxygens (including phenoxy) is 1. The van der Waals surface area contributed by atoms with Crippen LogP contribution >= 0.6 is 0 Å². The van der Waals surface area contributed by atoms with E-state index in [1.165, 1.54) is 18.2 Å². The number of sulfonamides is 1. The normalized spacial score (nSPS) is 15.8. The van der Waals surface area contributed by atoms with Crippen LogP contribution in [0.25, 0.3) is 0 Å². The molecule has 6 nitrogen and oxygen atoms in total. The Labute approximate surface area is 204 Å². The van der Waals surface area contributed by atoms with Crippen LogP contribution in [0, 0.1) is 5.82 Å². The molecule has 1 aliphatic rings. The third-order valence-corrected chi connectivity index (χ3v) is 7.18. The standard InChI is InChI=1S/C24H22F5N3O3S/c25-9-2-1-3-15-11-16(24(27,28)29)4-6-19(15)20-8-10-35-22-12-18(5-7-21(20)22)36(33,34)32-23-30-13-17(26)14-31-23/h4-7,11-14,20H,1-3,8-10H2,(H,30,31,32)/t20-/m1/s1. The van der Waals surface area contributed by atoms with Crippen LogP contribution in [-0.4, -0.2) is 31.7 Å². The van der Waals surface area contributed by atoms with Crippen LogP contribution in [0.4, 0.5) is 27.9 Å². The minimum absolute atomic E-state index is 0.148. The van der Waals surface area contributed by atoms with Gasteiger partial charge in [0.2, 0.25) is 5.95 Å². The van der Waals surface area contributed by atoms with E-state index in [2.05, 4.69) is 14.7 Å². The quantitative estimate of drug-likeness (QED) is 0.303. The molecule has 12 heteroatoms. The van der Waals surface area contributed by atoms with Gasteiger partial charge in [-0.05, 0) is 55.0 Å². The second kappa shape index (κ2) is 10.4. The lowest BCUT2D eigenvalue weighted by molar-refractivity contribution is -0.137.